The van der Waals surface area contributed by atoms with Crippen molar-refractivity contribution in [2.75, 3.05) is 5.32 Å². The summed E-state index contributed by atoms with van der Waals surface area (Å²) >= 11 is 0. The van der Waals surface area contributed by atoms with Crippen molar-refractivity contribution in [1.29, 1.82) is 0 Å². The third kappa shape index (κ3) is 2.90. The Balaban J connectivity index is 1.62. The van der Waals surface area contributed by atoms with Gasteiger partial charge in [-0.05, 0) is 48.2 Å². The zero-order valence-corrected chi connectivity index (χ0v) is 10.9. The van der Waals surface area contributed by atoms with Crippen molar-refractivity contribution in [3.63, 3.8) is 0 Å². The van der Waals surface area contributed by atoms with Gasteiger partial charge < -0.3 is 10.1 Å². The van der Waals surface area contributed by atoms with Crippen molar-refractivity contribution in [2.45, 2.75) is 25.5 Å². The van der Waals surface area contributed by atoms with Crippen LogP contribution in [0.15, 0.2) is 48.5 Å². The smallest absolute Gasteiger partial charge is 0.387 e. The number of ether oxygens (including phenoxy) is 1. The zero-order chi connectivity index (χ0) is 13.9. The second-order valence-electron chi connectivity index (χ2n) is 4.92. The fourth-order valence-corrected chi connectivity index (χ4v) is 2.63. The van der Waals surface area contributed by atoms with Crippen molar-refractivity contribution in [3.05, 3.63) is 59.7 Å². The maximum atomic E-state index is 12.1. The van der Waals surface area contributed by atoms with Crippen LogP contribution in [0.1, 0.15) is 11.1 Å². The van der Waals surface area contributed by atoms with Crippen LogP contribution in [0, 0.1) is 0 Å². The maximum Gasteiger partial charge on any atom is 0.387 e. The largest absolute Gasteiger partial charge is 0.435 e. The molecule has 0 radical (unpaired) electrons. The Labute approximate surface area is 116 Å². The lowest BCUT2D eigenvalue weighted by Crippen LogP contribution is -2.19. The Hall–Kier alpha value is -2.10. The van der Waals surface area contributed by atoms with Gasteiger partial charge in [0.1, 0.15) is 5.75 Å². The highest BCUT2D eigenvalue weighted by Crippen LogP contribution is 2.25. The Morgan fingerprint density at radius 2 is 1.55 bits per heavy atom. The molecule has 104 valence electrons. The van der Waals surface area contributed by atoms with E-state index in [1.165, 1.54) is 11.1 Å². The lowest BCUT2D eigenvalue weighted by Gasteiger charge is -2.14. The van der Waals surface area contributed by atoms with Crippen molar-refractivity contribution >= 4 is 5.69 Å². The van der Waals surface area contributed by atoms with Gasteiger partial charge in [0.2, 0.25) is 0 Å². The highest BCUT2D eigenvalue weighted by atomic mass is 19.3. The second-order valence-corrected chi connectivity index (χ2v) is 4.92. The van der Waals surface area contributed by atoms with Crippen molar-refractivity contribution < 1.29 is 13.5 Å². The minimum atomic E-state index is -2.78. The molecule has 4 heteroatoms. The van der Waals surface area contributed by atoms with Gasteiger partial charge in [-0.15, -0.1) is 0 Å². The predicted octanol–water partition coefficient (Wildman–Crippen LogP) is 3.87. The van der Waals surface area contributed by atoms with Crippen LogP contribution < -0.4 is 10.1 Å². The molecule has 1 aliphatic carbocycles. The number of halogens is 2. The summed E-state index contributed by atoms with van der Waals surface area (Å²) < 4.78 is 28.5. The van der Waals surface area contributed by atoms with E-state index in [1.807, 2.05) is 0 Å². The predicted molar refractivity (Wildman–Crippen MR) is 74.3 cm³/mol. The van der Waals surface area contributed by atoms with Crippen LogP contribution in [0.4, 0.5) is 14.5 Å². The molecule has 0 saturated carbocycles. The van der Waals surface area contributed by atoms with E-state index < -0.39 is 6.61 Å². The lowest BCUT2D eigenvalue weighted by atomic mass is 10.1. The highest BCUT2D eigenvalue weighted by molar-refractivity contribution is 5.49. The van der Waals surface area contributed by atoms with Gasteiger partial charge in [0.25, 0.3) is 0 Å². The third-order valence-electron chi connectivity index (χ3n) is 3.50. The average molecular weight is 275 g/mol. The van der Waals surface area contributed by atoms with Crippen LogP contribution in [0.2, 0.25) is 0 Å². The van der Waals surface area contributed by atoms with E-state index in [2.05, 4.69) is 34.3 Å². The number of rotatable bonds is 4. The minimum absolute atomic E-state index is 0.181. The fourth-order valence-electron chi connectivity index (χ4n) is 2.63. The van der Waals surface area contributed by atoms with Crippen LogP contribution in [0.25, 0.3) is 0 Å². The number of anilines is 1. The van der Waals surface area contributed by atoms with Gasteiger partial charge in [0, 0.05) is 11.7 Å². The first kappa shape index (κ1) is 12.9. The molecule has 0 atom stereocenters. The van der Waals surface area contributed by atoms with Gasteiger partial charge in [-0.25, -0.2) is 0 Å². The van der Waals surface area contributed by atoms with Crippen LogP contribution in [-0.2, 0) is 12.8 Å². The van der Waals surface area contributed by atoms with E-state index in [0.717, 1.165) is 18.5 Å². The van der Waals surface area contributed by atoms with Gasteiger partial charge in [-0.2, -0.15) is 8.78 Å². The van der Waals surface area contributed by atoms with Gasteiger partial charge in [0.15, 0.2) is 0 Å². The topological polar surface area (TPSA) is 21.3 Å². The maximum absolute atomic E-state index is 12.1. The molecule has 0 heterocycles. The van der Waals surface area contributed by atoms with E-state index in [4.69, 9.17) is 0 Å². The zero-order valence-electron chi connectivity index (χ0n) is 10.9. The molecule has 0 saturated heterocycles. The fraction of sp³-hybridized carbons (Fsp3) is 0.250. The molecule has 2 aromatic carbocycles. The molecule has 0 amide bonds. The standard InChI is InChI=1S/C16H15F2NO/c17-16(18)20-15-7-5-13(6-8-15)19-14-9-11-3-1-2-4-12(11)10-14/h1-8,14,16,19H,9-10H2. The quantitative estimate of drug-likeness (QED) is 0.914. The van der Waals surface area contributed by atoms with Crippen LogP contribution in [0.3, 0.4) is 0 Å². The molecule has 3 rings (SSSR count). The SMILES string of the molecule is FC(F)Oc1ccc(NC2Cc3ccccc3C2)cc1. The number of nitrogens with one attached hydrogen (secondary N) is 1. The Morgan fingerprint density at radius 1 is 0.950 bits per heavy atom. The molecule has 0 aliphatic heterocycles. The molecule has 1 N–H and O–H groups in total. The average Bonchev–Trinajstić information content (AvgIpc) is 2.82. The summed E-state index contributed by atoms with van der Waals surface area (Å²) in [4.78, 5) is 0. The first-order chi connectivity index (χ1) is 9.70. The molecule has 0 unspecified atom stereocenters. The van der Waals surface area contributed by atoms with Crippen LogP contribution in [0.5, 0.6) is 5.75 Å². The molecule has 2 aromatic rings. The summed E-state index contributed by atoms with van der Waals surface area (Å²) in [6.45, 7) is -2.78. The van der Waals surface area contributed by atoms with Crippen molar-refractivity contribution in [2.24, 2.45) is 0 Å². The molecule has 20 heavy (non-hydrogen) atoms. The Bertz CT molecular complexity index is 558. The minimum Gasteiger partial charge on any atom is -0.435 e. The van der Waals surface area contributed by atoms with E-state index >= 15 is 0 Å². The monoisotopic (exact) mass is 275 g/mol. The van der Waals surface area contributed by atoms with E-state index in [1.54, 1.807) is 24.3 Å². The molecule has 0 spiro atoms. The summed E-state index contributed by atoms with van der Waals surface area (Å²) in [6, 6.07) is 15.4. The number of hydrogen-bond acceptors (Lipinski definition) is 2. The van der Waals surface area contributed by atoms with E-state index in [0.29, 0.717) is 6.04 Å². The number of hydrogen-bond donors (Lipinski definition) is 1. The molecule has 1 aliphatic rings. The summed E-state index contributed by atoms with van der Waals surface area (Å²) in [5.74, 6) is 0.181. The Morgan fingerprint density at radius 3 is 2.10 bits per heavy atom. The molecule has 0 aromatic heterocycles. The summed E-state index contributed by atoms with van der Waals surface area (Å²) in [7, 11) is 0. The molecule has 2 nitrogen and oxygen atoms in total. The van der Waals surface area contributed by atoms with E-state index in [9.17, 15) is 8.78 Å². The first-order valence-electron chi connectivity index (χ1n) is 6.59. The first-order valence-corrected chi connectivity index (χ1v) is 6.59. The normalized spacial score (nSPS) is 14.3. The number of benzene rings is 2. The molecule has 0 bridgehead atoms. The second kappa shape index (κ2) is 5.49. The van der Waals surface area contributed by atoms with Gasteiger partial charge in [-0.1, -0.05) is 24.3 Å². The van der Waals surface area contributed by atoms with Crippen molar-refractivity contribution in [1.82, 2.24) is 0 Å². The molecule has 0 fully saturated rings. The van der Waals surface area contributed by atoms with E-state index in [-0.39, 0.29) is 5.75 Å². The highest BCUT2D eigenvalue weighted by Gasteiger charge is 2.20. The summed E-state index contributed by atoms with van der Waals surface area (Å²) in [5, 5.41) is 3.43. The van der Waals surface area contributed by atoms with Crippen molar-refractivity contribution in [3.8, 4) is 5.75 Å². The molecular weight excluding hydrogens is 260 g/mol. The Kier molecular flexibility index (Phi) is 3.54. The summed E-state index contributed by atoms with van der Waals surface area (Å²) in [6.07, 6.45) is 1.98. The summed E-state index contributed by atoms with van der Waals surface area (Å²) in [5.41, 5.74) is 3.68. The van der Waals surface area contributed by atoms with Gasteiger partial charge >= 0.3 is 6.61 Å². The van der Waals surface area contributed by atoms with Gasteiger partial charge in [0.05, 0.1) is 0 Å². The van der Waals surface area contributed by atoms with Crippen LogP contribution in [-0.4, -0.2) is 12.7 Å². The lowest BCUT2D eigenvalue weighted by molar-refractivity contribution is -0.0498. The molecular formula is C16H15F2NO. The van der Waals surface area contributed by atoms with Crippen LogP contribution >= 0.6 is 0 Å². The van der Waals surface area contributed by atoms with Gasteiger partial charge in [-0.3, -0.25) is 0 Å². The number of alkyl halides is 2. The third-order valence-corrected chi connectivity index (χ3v) is 3.50. The number of fused-ring (bicyclic) bond motifs is 1.